The van der Waals surface area contributed by atoms with E-state index in [1.807, 2.05) is 30.3 Å². The largest absolute Gasteiger partial charge is 0.375 e. The molecular weight excluding hydrogens is 320 g/mol. The Balaban J connectivity index is 1.81. The number of urea groups is 1. The molecule has 0 spiro atoms. The molecule has 0 bridgehead atoms. The summed E-state index contributed by atoms with van der Waals surface area (Å²) in [7, 11) is 1.53. The van der Waals surface area contributed by atoms with Crippen LogP contribution in [-0.4, -0.2) is 31.4 Å². The van der Waals surface area contributed by atoms with Gasteiger partial charge in [0.15, 0.2) is 0 Å². The third kappa shape index (κ3) is 5.65. The van der Waals surface area contributed by atoms with E-state index in [-0.39, 0.29) is 12.5 Å². The highest BCUT2D eigenvalue weighted by atomic mass is 16.2. The third-order valence-electron chi connectivity index (χ3n) is 3.39. The van der Waals surface area contributed by atoms with Gasteiger partial charge >= 0.3 is 6.03 Å². The summed E-state index contributed by atoms with van der Waals surface area (Å²) in [5.41, 5.74) is 1.87. The number of carbonyl (C=O) groups excluding carboxylic acids is 3. The van der Waals surface area contributed by atoms with E-state index in [1.54, 1.807) is 24.3 Å². The lowest BCUT2D eigenvalue weighted by Crippen LogP contribution is -2.41. The molecule has 130 valence electrons. The molecule has 2 rings (SSSR count). The fraction of sp³-hybridized carbons (Fsp3) is 0.167. The molecule has 2 aromatic rings. The fourth-order valence-corrected chi connectivity index (χ4v) is 2.14. The van der Waals surface area contributed by atoms with Gasteiger partial charge in [-0.1, -0.05) is 42.5 Å². The van der Waals surface area contributed by atoms with Gasteiger partial charge in [0.1, 0.15) is 0 Å². The van der Waals surface area contributed by atoms with E-state index in [9.17, 15) is 14.4 Å². The molecule has 0 saturated heterocycles. The van der Waals surface area contributed by atoms with E-state index in [0.29, 0.717) is 17.8 Å². The van der Waals surface area contributed by atoms with Crippen molar-refractivity contribution in [3.8, 4) is 0 Å². The Morgan fingerprint density at radius 2 is 1.60 bits per heavy atom. The molecule has 2 aromatic carbocycles. The van der Waals surface area contributed by atoms with E-state index in [2.05, 4.69) is 21.3 Å². The van der Waals surface area contributed by atoms with Crippen LogP contribution in [0.4, 0.5) is 10.5 Å². The summed E-state index contributed by atoms with van der Waals surface area (Å²) >= 11 is 0. The molecular formula is C18H20N4O3. The van der Waals surface area contributed by atoms with Crippen LogP contribution in [0.25, 0.3) is 0 Å². The Labute approximate surface area is 145 Å². The lowest BCUT2D eigenvalue weighted by atomic mass is 10.1. The number of hydrogen-bond donors (Lipinski definition) is 4. The summed E-state index contributed by atoms with van der Waals surface area (Å²) in [5, 5.41) is 10.2. The van der Waals surface area contributed by atoms with Gasteiger partial charge in [-0.25, -0.2) is 4.79 Å². The summed E-state index contributed by atoms with van der Waals surface area (Å²) in [6.07, 6.45) is 0. The molecule has 0 unspecified atom stereocenters. The molecule has 25 heavy (non-hydrogen) atoms. The van der Waals surface area contributed by atoms with Crippen LogP contribution in [0.5, 0.6) is 0 Å². The smallest absolute Gasteiger partial charge is 0.321 e. The van der Waals surface area contributed by atoms with Crippen LogP contribution in [0.3, 0.4) is 0 Å². The normalized spacial score (nSPS) is 9.80. The second-order valence-corrected chi connectivity index (χ2v) is 5.19. The van der Waals surface area contributed by atoms with Crippen molar-refractivity contribution < 1.29 is 14.4 Å². The maximum atomic E-state index is 11.9. The first-order valence-electron chi connectivity index (χ1n) is 7.76. The van der Waals surface area contributed by atoms with Gasteiger partial charge in [0.05, 0.1) is 12.1 Å². The predicted molar refractivity (Wildman–Crippen MR) is 95.1 cm³/mol. The number of imide groups is 1. The average Bonchev–Trinajstić information content (AvgIpc) is 2.65. The van der Waals surface area contributed by atoms with Gasteiger partial charge in [0.25, 0.3) is 5.91 Å². The van der Waals surface area contributed by atoms with Crippen LogP contribution in [0, 0.1) is 0 Å². The molecule has 7 nitrogen and oxygen atoms in total. The van der Waals surface area contributed by atoms with Gasteiger partial charge in [-0.15, -0.1) is 0 Å². The fourth-order valence-electron chi connectivity index (χ4n) is 2.14. The number of hydrogen-bond acceptors (Lipinski definition) is 4. The van der Waals surface area contributed by atoms with Crippen LogP contribution in [-0.2, 0) is 11.3 Å². The standard InChI is InChI=1S/C18H20N4O3/c1-19-17(24)14-9-5-6-10-15(14)20-12-16(23)22-18(25)21-11-13-7-3-2-4-8-13/h2-10,20H,11-12H2,1H3,(H,19,24)(H2,21,22,23,25). The molecule has 7 heteroatoms. The number of rotatable bonds is 6. The van der Waals surface area contributed by atoms with Crippen molar-refractivity contribution in [1.29, 1.82) is 0 Å². The molecule has 0 saturated carbocycles. The minimum Gasteiger partial charge on any atom is -0.375 e. The second kappa shape index (κ2) is 9.07. The lowest BCUT2D eigenvalue weighted by molar-refractivity contribution is -0.118. The highest BCUT2D eigenvalue weighted by Crippen LogP contribution is 2.14. The molecule has 0 aliphatic carbocycles. The number of nitrogens with one attached hydrogen (secondary N) is 4. The van der Waals surface area contributed by atoms with Gasteiger partial charge in [-0.05, 0) is 17.7 Å². The quantitative estimate of drug-likeness (QED) is 0.640. The zero-order chi connectivity index (χ0) is 18.1. The summed E-state index contributed by atoms with van der Waals surface area (Å²) in [5.74, 6) is -0.763. The number of carbonyl (C=O) groups is 3. The van der Waals surface area contributed by atoms with Crippen molar-refractivity contribution in [1.82, 2.24) is 16.0 Å². The highest BCUT2D eigenvalue weighted by Gasteiger charge is 2.11. The van der Waals surface area contributed by atoms with Crippen molar-refractivity contribution >= 4 is 23.5 Å². The van der Waals surface area contributed by atoms with Crippen molar-refractivity contribution in [2.24, 2.45) is 0 Å². The van der Waals surface area contributed by atoms with Gasteiger partial charge in [-0.2, -0.15) is 0 Å². The van der Waals surface area contributed by atoms with Crippen LogP contribution in [0.2, 0.25) is 0 Å². The van der Waals surface area contributed by atoms with Gasteiger partial charge in [-0.3, -0.25) is 14.9 Å². The van der Waals surface area contributed by atoms with Crippen LogP contribution in [0.1, 0.15) is 15.9 Å². The Kier molecular flexibility index (Phi) is 6.53. The Hall–Kier alpha value is -3.35. The predicted octanol–water partition coefficient (Wildman–Crippen LogP) is 1.48. The maximum absolute atomic E-state index is 11.9. The van der Waals surface area contributed by atoms with Crippen molar-refractivity contribution in [3.05, 3.63) is 65.7 Å². The van der Waals surface area contributed by atoms with E-state index < -0.39 is 11.9 Å². The number of benzene rings is 2. The zero-order valence-electron chi connectivity index (χ0n) is 13.8. The number of para-hydroxylation sites is 1. The van der Waals surface area contributed by atoms with Gasteiger partial charge in [0.2, 0.25) is 5.91 Å². The Morgan fingerprint density at radius 3 is 2.32 bits per heavy atom. The molecule has 0 atom stereocenters. The van der Waals surface area contributed by atoms with Crippen molar-refractivity contribution in [3.63, 3.8) is 0 Å². The zero-order valence-corrected chi connectivity index (χ0v) is 13.8. The van der Waals surface area contributed by atoms with E-state index in [1.165, 1.54) is 7.05 Å². The lowest BCUT2D eigenvalue weighted by Gasteiger charge is -2.11. The summed E-state index contributed by atoms with van der Waals surface area (Å²) in [4.78, 5) is 35.3. The minimum absolute atomic E-state index is 0.132. The summed E-state index contributed by atoms with van der Waals surface area (Å²) in [6, 6.07) is 15.6. The first-order valence-corrected chi connectivity index (χ1v) is 7.76. The van der Waals surface area contributed by atoms with Gasteiger partial charge < -0.3 is 16.0 Å². The van der Waals surface area contributed by atoms with Crippen LogP contribution in [0.15, 0.2) is 54.6 Å². The summed E-state index contributed by atoms with van der Waals surface area (Å²) in [6.45, 7) is 0.194. The van der Waals surface area contributed by atoms with Crippen LogP contribution >= 0.6 is 0 Å². The highest BCUT2D eigenvalue weighted by molar-refractivity contribution is 6.01. The second-order valence-electron chi connectivity index (χ2n) is 5.19. The topological polar surface area (TPSA) is 99.3 Å². The van der Waals surface area contributed by atoms with E-state index >= 15 is 0 Å². The molecule has 4 amide bonds. The molecule has 4 N–H and O–H groups in total. The average molecular weight is 340 g/mol. The number of anilines is 1. The molecule has 0 radical (unpaired) electrons. The van der Waals surface area contributed by atoms with E-state index in [4.69, 9.17) is 0 Å². The summed E-state index contributed by atoms with van der Waals surface area (Å²) < 4.78 is 0. The molecule has 0 aliphatic heterocycles. The first-order chi connectivity index (χ1) is 12.1. The monoisotopic (exact) mass is 340 g/mol. The van der Waals surface area contributed by atoms with Crippen molar-refractivity contribution in [2.75, 3.05) is 18.9 Å². The number of amides is 4. The third-order valence-corrected chi connectivity index (χ3v) is 3.39. The molecule has 0 aromatic heterocycles. The first kappa shape index (κ1) is 18.0. The van der Waals surface area contributed by atoms with Crippen LogP contribution < -0.4 is 21.3 Å². The maximum Gasteiger partial charge on any atom is 0.321 e. The Bertz CT molecular complexity index is 747. The van der Waals surface area contributed by atoms with E-state index in [0.717, 1.165) is 5.56 Å². The molecule has 0 aliphatic rings. The molecule has 0 heterocycles. The minimum atomic E-state index is -0.574. The molecule has 0 fully saturated rings. The Morgan fingerprint density at radius 1 is 0.920 bits per heavy atom. The SMILES string of the molecule is CNC(=O)c1ccccc1NCC(=O)NC(=O)NCc1ccccc1. The van der Waals surface area contributed by atoms with Crippen molar-refractivity contribution in [2.45, 2.75) is 6.54 Å². The van der Waals surface area contributed by atoms with Gasteiger partial charge in [0, 0.05) is 19.3 Å².